The molecule has 8 heteroatoms. The number of nitrogens with zero attached hydrogens (tertiary/aromatic N) is 1. The van der Waals surface area contributed by atoms with Crippen LogP contribution >= 0.6 is 0 Å². The number of carbonyl (C=O) groups is 2. The summed E-state index contributed by atoms with van der Waals surface area (Å²) in [5, 5.41) is 0. The summed E-state index contributed by atoms with van der Waals surface area (Å²) in [6.07, 6.45) is 0.608. The van der Waals surface area contributed by atoms with E-state index in [9.17, 15) is 18.0 Å². The minimum atomic E-state index is -3.69. The van der Waals surface area contributed by atoms with Crippen molar-refractivity contribution in [2.75, 3.05) is 24.6 Å². The summed E-state index contributed by atoms with van der Waals surface area (Å²) in [6, 6.07) is 4.68. The molecular weight excluding hydrogens is 320 g/mol. The number of nitrogens with one attached hydrogen (secondary N) is 1. The van der Waals surface area contributed by atoms with Crippen molar-refractivity contribution in [2.45, 2.75) is 31.6 Å². The van der Waals surface area contributed by atoms with Crippen LogP contribution in [0, 0.1) is 0 Å². The molecular formula is C15H20N2O5S. The average molecular weight is 340 g/mol. The first kappa shape index (κ1) is 17.4. The van der Waals surface area contributed by atoms with Crippen molar-refractivity contribution in [3.63, 3.8) is 0 Å². The lowest BCUT2D eigenvalue weighted by Gasteiger charge is -2.15. The van der Waals surface area contributed by atoms with Gasteiger partial charge in [0.05, 0.1) is 17.9 Å². The molecule has 126 valence electrons. The molecule has 1 aliphatic heterocycles. The Bertz CT molecular complexity index is 715. The predicted molar refractivity (Wildman–Crippen MR) is 84.6 cm³/mol. The quantitative estimate of drug-likeness (QED) is 0.774. The predicted octanol–water partition coefficient (Wildman–Crippen LogP) is 0.827. The van der Waals surface area contributed by atoms with Crippen molar-refractivity contribution >= 4 is 27.6 Å². The van der Waals surface area contributed by atoms with E-state index in [1.165, 1.54) is 13.0 Å². The molecule has 0 saturated heterocycles. The zero-order valence-corrected chi connectivity index (χ0v) is 14.0. The molecule has 1 aromatic carbocycles. The summed E-state index contributed by atoms with van der Waals surface area (Å²) in [5.41, 5.74) is 1.58. The largest absolute Gasteiger partial charge is 0.466 e. The van der Waals surface area contributed by atoms with Crippen LogP contribution in [-0.2, 0) is 30.8 Å². The van der Waals surface area contributed by atoms with Crippen LogP contribution in [0.3, 0.4) is 0 Å². The number of fused-ring (bicyclic) bond motifs is 1. The molecule has 1 N–H and O–H groups in total. The van der Waals surface area contributed by atoms with Gasteiger partial charge in [-0.05, 0) is 37.1 Å². The minimum absolute atomic E-state index is 0.0160. The van der Waals surface area contributed by atoms with Gasteiger partial charge in [-0.2, -0.15) is 0 Å². The SMILES string of the molecule is CCOC(=O)CCNS(=O)(=O)c1ccc2c(c1)CCN2C(C)=O. The first-order valence-corrected chi connectivity index (χ1v) is 8.90. The smallest absolute Gasteiger partial charge is 0.307 e. The lowest BCUT2D eigenvalue weighted by molar-refractivity contribution is -0.142. The highest BCUT2D eigenvalue weighted by atomic mass is 32.2. The van der Waals surface area contributed by atoms with E-state index in [1.807, 2.05) is 0 Å². The number of anilines is 1. The summed E-state index contributed by atoms with van der Waals surface area (Å²) in [7, 11) is -3.69. The van der Waals surface area contributed by atoms with Crippen molar-refractivity contribution in [1.29, 1.82) is 0 Å². The normalized spacial score (nSPS) is 13.7. The van der Waals surface area contributed by atoms with Crippen LogP contribution < -0.4 is 9.62 Å². The van der Waals surface area contributed by atoms with Gasteiger partial charge in [-0.1, -0.05) is 0 Å². The highest BCUT2D eigenvalue weighted by molar-refractivity contribution is 7.89. The molecule has 7 nitrogen and oxygen atoms in total. The van der Waals surface area contributed by atoms with Crippen molar-refractivity contribution in [3.05, 3.63) is 23.8 Å². The summed E-state index contributed by atoms with van der Waals surface area (Å²) in [4.78, 5) is 24.5. The summed E-state index contributed by atoms with van der Waals surface area (Å²) >= 11 is 0. The maximum Gasteiger partial charge on any atom is 0.307 e. The Morgan fingerprint density at radius 2 is 2.09 bits per heavy atom. The Labute approximate surface area is 135 Å². The Kier molecular flexibility index (Phi) is 5.38. The zero-order valence-electron chi connectivity index (χ0n) is 13.2. The number of carbonyl (C=O) groups excluding carboxylic acids is 2. The van der Waals surface area contributed by atoms with Gasteiger partial charge in [0.2, 0.25) is 15.9 Å². The van der Waals surface area contributed by atoms with E-state index < -0.39 is 16.0 Å². The molecule has 0 saturated carbocycles. The molecule has 0 unspecified atom stereocenters. The number of hydrogen-bond donors (Lipinski definition) is 1. The third-order valence-electron chi connectivity index (χ3n) is 3.56. The molecule has 2 rings (SSSR count). The van der Waals surface area contributed by atoms with E-state index in [0.717, 1.165) is 11.3 Å². The van der Waals surface area contributed by atoms with Gasteiger partial charge in [0.1, 0.15) is 0 Å². The van der Waals surface area contributed by atoms with Crippen molar-refractivity contribution in [2.24, 2.45) is 0 Å². The van der Waals surface area contributed by atoms with Crippen LogP contribution in [-0.4, -0.2) is 40.0 Å². The third kappa shape index (κ3) is 4.08. The fraction of sp³-hybridized carbons (Fsp3) is 0.467. The number of sulfonamides is 1. The Balaban J connectivity index is 2.07. The first-order chi connectivity index (χ1) is 10.8. The second-order valence-corrected chi connectivity index (χ2v) is 6.93. The number of esters is 1. The van der Waals surface area contributed by atoms with Crippen molar-refractivity contribution < 1.29 is 22.7 Å². The third-order valence-corrected chi connectivity index (χ3v) is 5.02. The molecule has 1 heterocycles. The van der Waals surface area contributed by atoms with Crippen LogP contribution in [0.5, 0.6) is 0 Å². The molecule has 0 spiro atoms. The highest BCUT2D eigenvalue weighted by Gasteiger charge is 2.24. The standard InChI is InChI=1S/C15H20N2O5S/c1-3-22-15(19)6-8-16-23(20,21)13-4-5-14-12(10-13)7-9-17(14)11(2)18/h4-5,10,16H,3,6-9H2,1-2H3. The van der Waals surface area contributed by atoms with E-state index in [1.54, 1.807) is 24.0 Å². The van der Waals surface area contributed by atoms with Gasteiger partial charge in [-0.3, -0.25) is 9.59 Å². The summed E-state index contributed by atoms with van der Waals surface area (Å²) < 4.78 is 31.6. The van der Waals surface area contributed by atoms with Gasteiger partial charge in [0.25, 0.3) is 0 Å². The van der Waals surface area contributed by atoms with E-state index >= 15 is 0 Å². The maximum absolute atomic E-state index is 12.2. The van der Waals surface area contributed by atoms with Gasteiger partial charge in [-0.25, -0.2) is 13.1 Å². The van der Waals surface area contributed by atoms with Crippen LogP contribution in [0.15, 0.2) is 23.1 Å². The van der Waals surface area contributed by atoms with Crippen LogP contribution in [0.2, 0.25) is 0 Å². The molecule has 0 radical (unpaired) electrons. The Morgan fingerprint density at radius 1 is 1.35 bits per heavy atom. The molecule has 23 heavy (non-hydrogen) atoms. The van der Waals surface area contributed by atoms with E-state index in [4.69, 9.17) is 4.74 Å². The molecule has 0 fully saturated rings. The fourth-order valence-electron chi connectivity index (χ4n) is 2.48. The van der Waals surface area contributed by atoms with E-state index in [2.05, 4.69) is 4.72 Å². The van der Waals surface area contributed by atoms with Crippen molar-refractivity contribution in [1.82, 2.24) is 4.72 Å². The van der Waals surface area contributed by atoms with Crippen LogP contribution in [0.4, 0.5) is 5.69 Å². The first-order valence-electron chi connectivity index (χ1n) is 7.41. The van der Waals surface area contributed by atoms with Gasteiger partial charge in [-0.15, -0.1) is 0 Å². The lowest BCUT2D eigenvalue weighted by atomic mass is 10.2. The molecule has 0 atom stereocenters. The minimum Gasteiger partial charge on any atom is -0.466 e. The van der Waals surface area contributed by atoms with Gasteiger partial charge in [0.15, 0.2) is 0 Å². The summed E-state index contributed by atoms with van der Waals surface area (Å²) in [5.74, 6) is -0.506. The van der Waals surface area contributed by atoms with Crippen molar-refractivity contribution in [3.8, 4) is 0 Å². The lowest BCUT2D eigenvalue weighted by Crippen LogP contribution is -2.27. The van der Waals surface area contributed by atoms with Gasteiger partial charge in [0, 0.05) is 25.7 Å². The monoisotopic (exact) mass is 340 g/mol. The summed E-state index contributed by atoms with van der Waals surface area (Å²) in [6.45, 7) is 3.99. The van der Waals surface area contributed by atoms with Gasteiger partial charge < -0.3 is 9.64 Å². The maximum atomic E-state index is 12.2. The van der Waals surface area contributed by atoms with E-state index in [0.29, 0.717) is 13.0 Å². The topological polar surface area (TPSA) is 92.8 Å². The molecule has 1 aromatic rings. The average Bonchev–Trinajstić information content (AvgIpc) is 2.90. The Hall–Kier alpha value is -1.93. The highest BCUT2D eigenvalue weighted by Crippen LogP contribution is 2.30. The molecule has 1 aliphatic rings. The van der Waals surface area contributed by atoms with Crippen LogP contribution in [0.1, 0.15) is 25.8 Å². The molecule has 0 bridgehead atoms. The second kappa shape index (κ2) is 7.10. The van der Waals surface area contributed by atoms with Gasteiger partial charge >= 0.3 is 5.97 Å². The second-order valence-electron chi connectivity index (χ2n) is 5.16. The molecule has 0 aliphatic carbocycles. The number of ether oxygens (including phenoxy) is 1. The van der Waals surface area contributed by atoms with E-state index in [-0.39, 0.29) is 30.4 Å². The molecule has 0 aromatic heterocycles. The number of amides is 1. The number of benzene rings is 1. The van der Waals surface area contributed by atoms with Crippen LogP contribution in [0.25, 0.3) is 0 Å². The number of hydrogen-bond acceptors (Lipinski definition) is 5. The fourth-order valence-corrected chi connectivity index (χ4v) is 3.56. The Morgan fingerprint density at radius 3 is 2.74 bits per heavy atom. The number of rotatable bonds is 6. The zero-order chi connectivity index (χ0) is 17.0. The molecule has 1 amide bonds.